The third-order valence-corrected chi connectivity index (χ3v) is 3.27. The van der Waals surface area contributed by atoms with Crippen molar-refractivity contribution in [2.75, 3.05) is 24.5 Å². The van der Waals surface area contributed by atoms with E-state index in [2.05, 4.69) is 19.2 Å². The molecule has 1 saturated heterocycles. The Morgan fingerprint density at radius 3 is 2.61 bits per heavy atom. The van der Waals surface area contributed by atoms with Gasteiger partial charge in [-0.25, -0.2) is 8.78 Å². The maximum atomic E-state index is 13.7. The van der Waals surface area contributed by atoms with Crippen LogP contribution in [0.2, 0.25) is 0 Å². The highest BCUT2D eigenvalue weighted by Crippen LogP contribution is 2.24. The van der Waals surface area contributed by atoms with Gasteiger partial charge in [0.1, 0.15) is 17.3 Å². The summed E-state index contributed by atoms with van der Waals surface area (Å²) in [5.74, 6) is -0.367. The van der Waals surface area contributed by atoms with Gasteiger partial charge in [-0.15, -0.1) is 0 Å². The number of para-hydroxylation sites is 1. The molecule has 0 amide bonds. The predicted molar refractivity (Wildman–Crippen MR) is 69.8 cm³/mol. The second kappa shape index (κ2) is 5.65. The highest BCUT2D eigenvalue weighted by atomic mass is 19.1. The number of halogens is 2. The third-order valence-electron chi connectivity index (χ3n) is 3.27. The second-order valence-electron chi connectivity index (χ2n) is 5.30. The summed E-state index contributed by atoms with van der Waals surface area (Å²) in [5.41, 5.74) is 0.118. The van der Waals surface area contributed by atoms with Gasteiger partial charge in [-0.05, 0) is 24.5 Å². The zero-order chi connectivity index (χ0) is 13.1. The number of benzene rings is 1. The highest BCUT2D eigenvalue weighted by Gasteiger charge is 2.24. The first kappa shape index (κ1) is 13.3. The van der Waals surface area contributed by atoms with E-state index in [1.807, 2.05) is 4.90 Å². The molecule has 2 nitrogen and oxygen atoms in total. The zero-order valence-corrected chi connectivity index (χ0v) is 10.9. The Morgan fingerprint density at radius 1 is 1.33 bits per heavy atom. The molecule has 2 rings (SSSR count). The molecule has 18 heavy (non-hydrogen) atoms. The molecule has 4 heteroatoms. The van der Waals surface area contributed by atoms with E-state index in [9.17, 15) is 8.78 Å². The summed E-state index contributed by atoms with van der Waals surface area (Å²) in [4.78, 5) is 1.81. The van der Waals surface area contributed by atoms with E-state index >= 15 is 0 Å². The quantitative estimate of drug-likeness (QED) is 0.892. The van der Waals surface area contributed by atoms with E-state index in [1.54, 1.807) is 0 Å². The Bertz CT molecular complexity index is 387. The van der Waals surface area contributed by atoms with Gasteiger partial charge in [0.15, 0.2) is 0 Å². The third kappa shape index (κ3) is 2.99. The van der Waals surface area contributed by atoms with Crippen LogP contribution < -0.4 is 10.2 Å². The van der Waals surface area contributed by atoms with Gasteiger partial charge < -0.3 is 10.2 Å². The molecule has 1 fully saturated rings. The summed E-state index contributed by atoms with van der Waals surface area (Å²) in [7, 11) is 0. The molecule has 0 radical (unpaired) electrons. The van der Waals surface area contributed by atoms with Gasteiger partial charge in [0, 0.05) is 25.7 Å². The monoisotopic (exact) mass is 254 g/mol. The maximum Gasteiger partial charge on any atom is 0.149 e. The zero-order valence-electron chi connectivity index (χ0n) is 10.9. The average Bonchev–Trinajstić information content (AvgIpc) is 2.28. The molecular weight excluding hydrogens is 234 g/mol. The molecule has 1 aromatic rings. The van der Waals surface area contributed by atoms with Crippen LogP contribution in [0.15, 0.2) is 18.2 Å². The van der Waals surface area contributed by atoms with Gasteiger partial charge in [0.05, 0.1) is 0 Å². The predicted octanol–water partition coefficient (Wildman–Crippen LogP) is 2.79. The number of hydrogen-bond acceptors (Lipinski definition) is 2. The van der Waals surface area contributed by atoms with Gasteiger partial charge in [-0.1, -0.05) is 19.9 Å². The van der Waals surface area contributed by atoms with Gasteiger partial charge in [-0.2, -0.15) is 0 Å². The molecule has 1 aliphatic rings. The van der Waals surface area contributed by atoms with Gasteiger partial charge in [-0.3, -0.25) is 0 Å². The van der Waals surface area contributed by atoms with Crippen LogP contribution in [0.3, 0.4) is 0 Å². The largest absolute Gasteiger partial charge is 0.364 e. The van der Waals surface area contributed by atoms with Crippen molar-refractivity contribution in [1.29, 1.82) is 0 Å². The minimum Gasteiger partial charge on any atom is -0.364 e. The number of hydrogen-bond donors (Lipinski definition) is 1. The lowest BCUT2D eigenvalue weighted by molar-refractivity contribution is 0.384. The van der Waals surface area contributed by atoms with Crippen LogP contribution in [-0.2, 0) is 0 Å². The fourth-order valence-corrected chi connectivity index (χ4v) is 2.55. The Labute approximate surface area is 107 Å². The van der Waals surface area contributed by atoms with Crippen molar-refractivity contribution >= 4 is 5.69 Å². The van der Waals surface area contributed by atoms with Gasteiger partial charge >= 0.3 is 0 Å². The van der Waals surface area contributed by atoms with E-state index < -0.39 is 11.6 Å². The summed E-state index contributed by atoms with van der Waals surface area (Å²) < 4.78 is 27.4. The van der Waals surface area contributed by atoms with Crippen molar-refractivity contribution in [3.05, 3.63) is 29.8 Å². The summed E-state index contributed by atoms with van der Waals surface area (Å²) in [6.45, 7) is 6.39. The van der Waals surface area contributed by atoms with Crippen LogP contribution in [-0.4, -0.2) is 25.7 Å². The maximum absolute atomic E-state index is 13.7. The summed E-state index contributed by atoms with van der Waals surface area (Å²) in [5, 5.41) is 3.40. The van der Waals surface area contributed by atoms with E-state index in [-0.39, 0.29) is 5.69 Å². The molecule has 1 N–H and O–H groups in total. The van der Waals surface area contributed by atoms with E-state index in [1.165, 1.54) is 18.2 Å². The van der Waals surface area contributed by atoms with E-state index in [0.29, 0.717) is 25.0 Å². The lowest BCUT2D eigenvalue weighted by atomic mass is 10.0. The highest BCUT2D eigenvalue weighted by molar-refractivity contribution is 5.49. The smallest absolute Gasteiger partial charge is 0.149 e. The molecule has 1 aliphatic heterocycles. The van der Waals surface area contributed by atoms with Crippen molar-refractivity contribution in [2.45, 2.75) is 26.3 Å². The van der Waals surface area contributed by atoms with E-state index in [4.69, 9.17) is 0 Å². The van der Waals surface area contributed by atoms with Crippen LogP contribution >= 0.6 is 0 Å². The summed E-state index contributed by atoms with van der Waals surface area (Å²) in [6.07, 6.45) is 1.02. The number of nitrogens with zero attached hydrogens (tertiary/aromatic N) is 1. The molecular formula is C14H20F2N2. The topological polar surface area (TPSA) is 15.3 Å². The van der Waals surface area contributed by atoms with Crippen LogP contribution in [0.1, 0.15) is 20.3 Å². The lowest BCUT2D eigenvalue weighted by Crippen LogP contribution is -2.51. The Kier molecular flexibility index (Phi) is 4.17. The molecule has 0 saturated carbocycles. The van der Waals surface area contributed by atoms with Crippen LogP contribution in [0, 0.1) is 17.6 Å². The Morgan fingerprint density at radius 2 is 2.00 bits per heavy atom. The molecule has 100 valence electrons. The molecule has 1 unspecified atom stereocenters. The fraction of sp³-hybridized carbons (Fsp3) is 0.571. The number of piperazine rings is 1. The molecule has 0 aromatic heterocycles. The van der Waals surface area contributed by atoms with Crippen LogP contribution in [0.5, 0.6) is 0 Å². The first-order chi connectivity index (χ1) is 8.58. The van der Waals surface area contributed by atoms with Crippen molar-refractivity contribution in [3.8, 4) is 0 Å². The van der Waals surface area contributed by atoms with Gasteiger partial charge in [0.2, 0.25) is 0 Å². The van der Waals surface area contributed by atoms with Crippen molar-refractivity contribution in [3.63, 3.8) is 0 Å². The molecule has 0 spiro atoms. The molecule has 1 heterocycles. The van der Waals surface area contributed by atoms with Crippen LogP contribution in [0.25, 0.3) is 0 Å². The van der Waals surface area contributed by atoms with E-state index in [0.717, 1.165) is 13.0 Å². The van der Waals surface area contributed by atoms with Crippen LogP contribution in [0.4, 0.5) is 14.5 Å². The second-order valence-corrected chi connectivity index (χ2v) is 5.30. The average molecular weight is 254 g/mol. The normalized spacial score (nSPS) is 20.5. The minimum absolute atomic E-state index is 0.118. The standard InChI is InChI=1S/C14H20F2N2/c1-10(2)8-11-9-18(7-6-17-11)14-12(15)4-3-5-13(14)16/h3-5,10-11,17H,6-9H2,1-2H3. The van der Waals surface area contributed by atoms with Gasteiger partial charge in [0.25, 0.3) is 0 Å². The van der Waals surface area contributed by atoms with Crippen molar-refractivity contribution < 1.29 is 8.78 Å². The SMILES string of the molecule is CC(C)CC1CN(c2c(F)cccc2F)CCN1. The molecule has 1 atom stereocenters. The van der Waals surface area contributed by atoms with Crippen molar-refractivity contribution in [1.82, 2.24) is 5.32 Å². The minimum atomic E-state index is -0.472. The number of anilines is 1. The Balaban J connectivity index is 2.13. The van der Waals surface area contributed by atoms with Crippen molar-refractivity contribution in [2.24, 2.45) is 5.92 Å². The summed E-state index contributed by atoms with van der Waals surface area (Å²) in [6, 6.07) is 4.34. The number of nitrogens with one attached hydrogen (secondary N) is 1. The molecule has 1 aromatic carbocycles. The first-order valence-electron chi connectivity index (χ1n) is 6.50. The lowest BCUT2D eigenvalue weighted by Gasteiger charge is -2.36. The molecule has 0 aliphatic carbocycles. The molecule has 0 bridgehead atoms. The summed E-state index contributed by atoms with van der Waals surface area (Å²) >= 11 is 0. The fourth-order valence-electron chi connectivity index (χ4n) is 2.55. The first-order valence-corrected chi connectivity index (χ1v) is 6.50. The number of rotatable bonds is 3. The Hall–Kier alpha value is -1.16.